The van der Waals surface area contributed by atoms with Crippen LogP contribution in [0.15, 0.2) is 36.4 Å². The number of amides is 2. The van der Waals surface area contributed by atoms with E-state index in [2.05, 4.69) is 11.4 Å². The molecule has 6 heteroatoms. The molecule has 0 unspecified atom stereocenters. The Morgan fingerprint density at radius 3 is 2.39 bits per heavy atom. The predicted octanol–water partition coefficient (Wildman–Crippen LogP) is 4.31. The normalized spacial score (nSPS) is 15.8. The molecule has 2 aromatic rings. The molecule has 0 aliphatic carbocycles. The number of nitrogens with zero attached hydrogens (tertiary/aromatic N) is 1. The van der Waals surface area contributed by atoms with Crippen molar-refractivity contribution in [3.05, 3.63) is 58.7 Å². The van der Waals surface area contributed by atoms with Gasteiger partial charge >= 0.3 is 0 Å². The molecule has 0 spiro atoms. The molecule has 1 saturated heterocycles. The summed E-state index contributed by atoms with van der Waals surface area (Å²) in [5, 5.41) is 3.06. The molecule has 1 N–H and O–H groups in total. The fourth-order valence-electron chi connectivity index (χ4n) is 4.38. The van der Waals surface area contributed by atoms with Crippen LogP contribution in [0.3, 0.4) is 0 Å². The Morgan fingerprint density at radius 2 is 1.70 bits per heavy atom. The summed E-state index contributed by atoms with van der Waals surface area (Å²) in [4.78, 5) is 27.6. The summed E-state index contributed by atoms with van der Waals surface area (Å²) >= 11 is 0. The zero-order chi connectivity index (χ0) is 23.8. The number of rotatable bonds is 9. The molecule has 0 radical (unpaired) electrons. The van der Waals surface area contributed by atoms with Crippen molar-refractivity contribution in [1.29, 1.82) is 0 Å². The fourth-order valence-corrected chi connectivity index (χ4v) is 4.38. The number of piperidine rings is 1. The maximum atomic E-state index is 13.0. The fraction of sp³-hybridized carbons (Fsp3) is 0.481. The minimum atomic E-state index is -0.173. The van der Waals surface area contributed by atoms with Crippen molar-refractivity contribution in [1.82, 2.24) is 10.2 Å². The Labute approximate surface area is 197 Å². The van der Waals surface area contributed by atoms with Crippen LogP contribution >= 0.6 is 0 Å². The SMILES string of the molecule is CCOc1ccc(CCNC(=O)[C@H]2CCCN(C(=O)c3cc(C)cc(C)c3)C2)cc1OCC. The Balaban J connectivity index is 1.54. The predicted molar refractivity (Wildman–Crippen MR) is 130 cm³/mol. The second kappa shape index (κ2) is 11.7. The number of likely N-dealkylation sites (tertiary alicyclic amines) is 1. The third-order valence-electron chi connectivity index (χ3n) is 5.87. The van der Waals surface area contributed by atoms with E-state index in [1.807, 2.05) is 62.9 Å². The first kappa shape index (κ1) is 24.6. The van der Waals surface area contributed by atoms with E-state index in [4.69, 9.17) is 9.47 Å². The van der Waals surface area contributed by atoms with Crippen molar-refractivity contribution in [2.24, 2.45) is 5.92 Å². The molecule has 1 atom stereocenters. The van der Waals surface area contributed by atoms with Gasteiger partial charge in [-0.05, 0) is 76.8 Å². The highest BCUT2D eigenvalue weighted by molar-refractivity contribution is 5.95. The lowest BCUT2D eigenvalue weighted by molar-refractivity contribution is -0.126. The maximum absolute atomic E-state index is 13.0. The smallest absolute Gasteiger partial charge is 0.253 e. The molecule has 1 aliphatic rings. The summed E-state index contributed by atoms with van der Waals surface area (Å²) in [5.41, 5.74) is 3.93. The second-order valence-corrected chi connectivity index (χ2v) is 8.65. The largest absolute Gasteiger partial charge is 0.490 e. The van der Waals surface area contributed by atoms with Crippen LogP contribution < -0.4 is 14.8 Å². The van der Waals surface area contributed by atoms with Crippen LogP contribution in [0.4, 0.5) is 0 Å². The molecule has 0 bridgehead atoms. The lowest BCUT2D eigenvalue weighted by Crippen LogP contribution is -2.45. The summed E-state index contributed by atoms with van der Waals surface area (Å²) in [6.45, 7) is 10.7. The Morgan fingerprint density at radius 1 is 1.00 bits per heavy atom. The van der Waals surface area contributed by atoms with Crippen molar-refractivity contribution in [3.63, 3.8) is 0 Å². The third-order valence-corrected chi connectivity index (χ3v) is 5.87. The highest BCUT2D eigenvalue weighted by Gasteiger charge is 2.29. The van der Waals surface area contributed by atoms with Crippen LogP contribution in [0.1, 0.15) is 53.7 Å². The van der Waals surface area contributed by atoms with E-state index in [1.54, 1.807) is 0 Å². The number of hydrogen-bond donors (Lipinski definition) is 1. The van der Waals surface area contributed by atoms with Gasteiger partial charge in [0.05, 0.1) is 19.1 Å². The zero-order valence-electron chi connectivity index (χ0n) is 20.3. The van der Waals surface area contributed by atoms with Gasteiger partial charge in [0.1, 0.15) is 0 Å². The first-order valence-corrected chi connectivity index (χ1v) is 11.9. The van der Waals surface area contributed by atoms with Crippen LogP contribution in [0.2, 0.25) is 0 Å². The minimum Gasteiger partial charge on any atom is -0.490 e. The van der Waals surface area contributed by atoms with Crippen molar-refractivity contribution >= 4 is 11.8 Å². The number of ether oxygens (including phenoxy) is 2. The van der Waals surface area contributed by atoms with Gasteiger partial charge in [0.25, 0.3) is 5.91 Å². The Hall–Kier alpha value is -3.02. The molecule has 178 valence electrons. The molecule has 2 aromatic carbocycles. The van der Waals surface area contributed by atoms with E-state index in [0.717, 1.165) is 41.0 Å². The average Bonchev–Trinajstić information content (AvgIpc) is 2.80. The molecule has 0 saturated carbocycles. The number of carbonyl (C=O) groups excluding carboxylic acids is 2. The maximum Gasteiger partial charge on any atom is 0.253 e. The molecule has 3 rings (SSSR count). The van der Waals surface area contributed by atoms with E-state index < -0.39 is 0 Å². The molecule has 2 amide bonds. The number of nitrogens with one attached hydrogen (secondary N) is 1. The van der Waals surface area contributed by atoms with E-state index in [9.17, 15) is 9.59 Å². The van der Waals surface area contributed by atoms with Crippen LogP contribution in [-0.2, 0) is 11.2 Å². The van der Waals surface area contributed by atoms with Crippen LogP contribution in [0.5, 0.6) is 11.5 Å². The van der Waals surface area contributed by atoms with Crippen molar-refractivity contribution < 1.29 is 19.1 Å². The van der Waals surface area contributed by atoms with E-state index in [0.29, 0.717) is 44.8 Å². The number of aryl methyl sites for hydroxylation is 2. The lowest BCUT2D eigenvalue weighted by atomic mass is 9.96. The van der Waals surface area contributed by atoms with E-state index >= 15 is 0 Å². The average molecular weight is 453 g/mol. The molecule has 1 aliphatic heterocycles. The van der Waals surface area contributed by atoms with Crippen molar-refractivity contribution in [3.8, 4) is 11.5 Å². The monoisotopic (exact) mass is 452 g/mol. The Bertz CT molecular complexity index is 952. The Kier molecular flexibility index (Phi) is 8.75. The van der Waals surface area contributed by atoms with Gasteiger partial charge in [-0.3, -0.25) is 9.59 Å². The van der Waals surface area contributed by atoms with Gasteiger partial charge in [0.2, 0.25) is 5.91 Å². The van der Waals surface area contributed by atoms with Gasteiger partial charge in [-0.1, -0.05) is 23.3 Å². The number of carbonyl (C=O) groups is 2. The number of hydrogen-bond acceptors (Lipinski definition) is 4. The van der Waals surface area contributed by atoms with Crippen molar-refractivity contribution in [2.75, 3.05) is 32.8 Å². The summed E-state index contributed by atoms with van der Waals surface area (Å²) in [6.07, 6.45) is 2.35. The van der Waals surface area contributed by atoms with Crippen LogP contribution in [0, 0.1) is 19.8 Å². The molecular weight excluding hydrogens is 416 g/mol. The van der Waals surface area contributed by atoms with Crippen LogP contribution in [0.25, 0.3) is 0 Å². The third kappa shape index (κ3) is 6.73. The minimum absolute atomic E-state index is 0.0112. The summed E-state index contributed by atoms with van der Waals surface area (Å²) in [6, 6.07) is 11.8. The molecule has 0 aromatic heterocycles. The summed E-state index contributed by atoms with van der Waals surface area (Å²) in [5.74, 6) is 1.33. The topological polar surface area (TPSA) is 67.9 Å². The molecule has 6 nitrogen and oxygen atoms in total. The van der Waals surface area contributed by atoms with E-state index in [1.165, 1.54) is 0 Å². The van der Waals surface area contributed by atoms with Gasteiger partial charge in [0.15, 0.2) is 11.5 Å². The molecular formula is C27H36N2O4. The highest BCUT2D eigenvalue weighted by Crippen LogP contribution is 2.28. The quantitative estimate of drug-likeness (QED) is 0.616. The first-order valence-electron chi connectivity index (χ1n) is 11.9. The zero-order valence-corrected chi connectivity index (χ0v) is 20.3. The molecule has 33 heavy (non-hydrogen) atoms. The highest BCUT2D eigenvalue weighted by atomic mass is 16.5. The summed E-state index contributed by atoms with van der Waals surface area (Å²) in [7, 11) is 0. The first-order chi connectivity index (χ1) is 15.9. The van der Waals surface area contributed by atoms with Gasteiger partial charge in [-0.2, -0.15) is 0 Å². The van der Waals surface area contributed by atoms with E-state index in [-0.39, 0.29) is 17.7 Å². The molecule has 1 fully saturated rings. The van der Waals surface area contributed by atoms with Crippen molar-refractivity contribution in [2.45, 2.75) is 47.0 Å². The van der Waals surface area contributed by atoms with Crippen LogP contribution in [-0.4, -0.2) is 49.6 Å². The number of benzene rings is 2. The van der Waals surface area contributed by atoms with Gasteiger partial charge < -0.3 is 19.7 Å². The van der Waals surface area contributed by atoms with Gasteiger partial charge in [-0.15, -0.1) is 0 Å². The molecule has 1 heterocycles. The second-order valence-electron chi connectivity index (χ2n) is 8.65. The summed E-state index contributed by atoms with van der Waals surface area (Å²) < 4.78 is 11.3. The van der Waals surface area contributed by atoms with Gasteiger partial charge in [0, 0.05) is 25.2 Å². The van der Waals surface area contributed by atoms with Gasteiger partial charge in [-0.25, -0.2) is 0 Å². The lowest BCUT2D eigenvalue weighted by Gasteiger charge is -2.32. The standard InChI is InChI=1S/C27H36N2O4/c1-5-32-24-10-9-21(17-25(24)33-6-2)11-12-28-26(30)22-8-7-13-29(18-22)27(31)23-15-19(3)14-20(4)16-23/h9-10,14-17,22H,5-8,11-13,18H2,1-4H3,(H,28,30)/t22-/m0/s1.